The molecule has 0 aliphatic heterocycles. The van der Waals surface area contributed by atoms with Crippen LogP contribution in [0, 0.1) is 11.3 Å². The molecule has 3 nitrogen and oxygen atoms in total. The van der Waals surface area contributed by atoms with Gasteiger partial charge in [-0.3, -0.25) is 0 Å². The van der Waals surface area contributed by atoms with Crippen LogP contribution in [-0.2, 0) is 4.79 Å². The second-order valence-corrected chi connectivity index (χ2v) is 3.78. The molecule has 0 saturated carbocycles. The zero-order valence-corrected chi connectivity index (χ0v) is 9.69. The molecule has 1 unspecified atom stereocenters. The number of aliphatic carboxylic acids is 1. The van der Waals surface area contributed by atoms with Gasteiger partial charge in [0, 0.05) is 0 Å². The van der Waals surface area contributed by atoms with Crippen LogP contribution >= 0.6 is 0 Å². The molecular formula is C10H8AsNO2. The van der Waals surface area contributed by atoms with Crippen LogP contribution in [0.3, 0.4) is 0 Å². The van der Waals surface area contributed by atoms with E-state index in [1.54, 1.807) is 18.2 Å². The van der Waals surface area contributed by atoms with Crippen molar-refractivity contribution >= 4 is 27.2 Å². The van der Waals surface area contributed by atoms with Crippen molar-refractivity contribution in [3.8, 4) is 6.07 Å². The van der Waals surface area contributed by atoms with Gasteiger partial charge in [-0.2, -0.15) is 0 Å². The summed E-state index contributed by atoms with van der Waals surface area (Å²) in [6, 6.07) is 10.7. The summed E-state index contributed by atoms with van der Waals surface area (Å²) in [7, 11) is 0. The van der Waals surface area contributed by atoms with Crippen molar-refractivity contribution in [2.45, 2.75) is 0 Å². The van der Waals surface area contributed by atoms with E-state index >= 15 is 0 Å². The Morgan fingerprint density at radius 1 is 1.36 bits per heavy atom. The molecule has 1 atom stereocenters. The molecule has 1 N–H and O–H groups in total. The second kappa shape index (κ2) is 4.64. The van der Waals surface area contributed by atoms with Crippen LogP contribution in [0.15, 0.2) is 35.9 Å². The maximum absolute atomic E-state index is 10.7. The van der Waals surface area contributed by atoms with E-state index in [2.05, 4.69) is 0 Å². The van der Waals surface area contributed by atoms with Gasteiger partial charge in [0.15, 0.2) is 0 Å². The number of nitriles is 1. The van der Waals surface area contributed by atoms with Crippen LogP contribution in [0.2, 0.25) is 0 Å². The number of carbonyl (C=O) groups is 1. The molecule has 14 heavy (non-hydrogen) atoms. The molecular weight excluding hydrogens is 241 g/mol. The number of hydrogen-bond donors (Lipinski definition) is 1. The Bertz CT molecular complexity index is 417. The van der Waals surface area contributed by atoms with Gasteiger partial charge in [0.1, 0.15) is 0 Å². The molecule has 0 aromatic heterocycles. The molecule has 0 heterocycles. The van der Waals surface area contributed by atoms with Crippen molar-refractivity contribution in [1.29, 1.82) is 5.26 Å². The first kappa shape index (κ1) is 10.6. The third-order valence-corrected chi connectivity index (χ3v) is 2.98. The summed E-state index contributed by atoms with van der Waals surface area (Å²) in [6.45, 7) is 0. The summed E-state index contributed by atoms with van der Waals surface area (Å²) >= 11 is 1.14. The molecule has 0 saturated heterocycles. The minimum atomic E-state index is -1.17. The summed E-state index contributed by atoms with van der Waals surface area (Å²) in [6.07, 6.45) is 0. The Balaban J connectivity index is 3.23. The molecule has 0 radical (unpaired) electrons. The Morgan fingerprint density at radius 2 is 1.93 bits per heavy atom. The van der Waals surface area contributed by atoms with Crippen molar-refractivity contribution < 1.29 is 9.90 Å². The van der Waals surface area contributed by atoms with Crippen molar-refractivity contribution in [2.75, 3.05) is 0 Å². The molecule has 0 bridgehead atoms. The summed E-state index contributed by atoms with van der Waals surface area (Å²) < 4.78 is 0.549. The van der Waals surface area contributed by atoms with Crippen molar-refractivity contribution in [1.82, 2.24) is 0 Å². The van der Waals surface area contributed by atoms with Crippen molar-refractivity contribution in [3.63, 3.8) is 0 Å². The summed E-state index contributed by atoms with van der Waals surface area (Å²) in [5.41, 5.74) is 0.600. The van der Waals surface area contributed by atoms with Gasteiger partial charge in [-0.05, 0) is 0 Å². The van der Waals surface area contributed by atoms with Crippen LogP contribution in [0.25, 0.3) is 4.36 Å². The SMILES string of the molecule is N#C/C(C(=O)O)=C(/[AsH2])c1ccccc1. The first-order valence-electron chi connectivity index (χ1n) is 3.85. The van der Waals surface area contributed by atoms with E-state index in [4.69, 9.17) is 10.4 Å². The fourth-order valence-corrected chi connectivity index (χ4v) is 1.78. The number of hydrogen-bond acceptors (Lipinski definition) is 2. The third-order valence-electron chi connectivity index (χ3n) is 1.68. The first-order chi connectivity index (χ1) is 6.66. The molecule has 70 valence electrons. The number of nitrogens with zero attached hydrogens (tertiary/aromatic N) is 1. The van der Waals surface area contributed by atoms with Crippen LogP contribution in [0.4, 0.5) is 0 Å². The molecule has 1 aromatic carbocycles. The van der Waals surface area contributed by atoms with E-state index < -0.39 is 5.97 Å². The average Bonchev–Trinajstić information content (AvgIpc) is 2.19. The number of rotatable bonds is 2. The quantitative estimate of drug-likeness (QED) is 0.475. The molecule has 1 rings (SSSR count). The van der Waals surface area contributed by atoms with Gasteiger partial charge in [0.2, 0.25) is 0 Å². The van der Waals surface area contributed by atoms with Gasteiger partial charge in [-0.15, -0.1) is 0 Å². The molecule has 0 amide bonds. The molecule has 0 fully saturated rings. The average molecular weight is 249 g/mol. The number of carboxylic acids is 1. The van der Waals surface area contributed by atoms with E-state index in [1.165, 1.54) is 0 Å². The third kappa shape index (κ3) is 2.24. The van der Waals surface area contributed by atoms with Gasteiger partial charge in [-0.1, -0.05) is 0 Å². The predicted molar refractivity (Wildman–Crippen MR) is 55.2 cm³/mol. The normalized spacial score (nSPS) is 11.4. The van der Waals surface area contributed by atoms with Gasteiger partial charge in [-0.25, -0.2) is 0 Å². The molecule has 0 spiro atoms. The van der Waals surface area contributed by atoms with Crippen LogP contribution in [0.1, 0.15) is 5.56 Å². The molecule has 0 aliphatic carbocycles. The summed E-state index contributed by atoms with van der Waals surface area (Å²) in [4.78, 5) is 10.7. The minimum absolute atomic E-state index is 0.184. The Labute approximate surface area is 90.2 Å². The molecule has 0 aliphatic rings. The zero-order chi connectivity index (χ0) is 10.6. The topological polar surface area (TPSA) is 61.1 Å². The van der Waals surface area contributed by atoms with E-state index in [1.807, 2.05) is 18.2 Å². The van der Waals surface area contributed by atoms with E-state index in [9.17, 15) is 4.79 Å². The predicted octanol–water partition coefficient (Wildman–Crippen LogP) is 0.639. The van der Waals surface area contributed by atoms with E-state index in [0.29, 0.717) is 4.36 Å². The Hall–Kier alpha value is -1.52. The Kier molecular flexibility index (Phi) is 3.50. The first-order valence-corrected chi connectivity index (χ1v) is 5.06. The fraction of sp³-hybridized carbons (Fsp3) is 0. The van der Waals surface area contributed by atoms with Crippen molar-refractivity contribution in [2.24, 2.45) is 0 Å². The van der Waals surface area contributed by atoms with E-state index in [-0.39, 0.29) is 5.57 Å². The Morgan fingerprint density at radius 3 is 2.36 bits per heavy atom. The van der Waals surface area contributed by atoms with Gasteiger partial charge in [0.25, 0.3) is 0 Å². The second-order valence-electron chi connectivity index (χ2n) is 2.57. The van der Waals surface area contributed by atoms with Gasteiger partial charge in [0.05, 0.1) is 0 Å². The summed E-state index contributed by atoms with van der Waals surface area (Å²) in [5.74, 6) is -1.17. The van der Waals surface area contributed by atoms with Gasteiger partial charge < -0.3 is 0 Å². The standard InChI is InChI=1S/C10H8AsNO2/c11-9(8(6-12)10(13)14)7-4-2-1-3-5-7/h1-5H,11H2,(H,13,14)/b9-8-. The number of benzene rings is 1. The molecule has 1 aromatic rings. The van der Waals surface area contributed by atoms with Crippen LogP contribution in [-0.4, -0.2) is 27.9 Å². The van der Waals surface area contributed by atoms with Crippen LogP contribution in [0.5, 0.6) is 0 Å². The zero-order valence-electron chi connectivity index (χ0n) is 7.27. The van der Waals surface area contributed by atoms with Gasteiger partial charge >= 0.3 is 89.9 Å². The number of carboxylic acid groups (broad SMARTS) is 1. The van der Waals surface area contributed by atoms with E-state index in [0.717, 1.165) is 22.4 Å². The molecule has 4 heteroatoms. The monoisotopic (exact) mass is 249 g/mol. The van der Waals surface area contributed by atoms with Crippen LogP contribution < -0.4 is 0 Å². The fourth-order valence-electron chi connectivity index (χ4n) is 0.985. The van der Waals surface area contributed by atoms with Crippen molar-refractivity contribution in [3.05, 3.63) is 41.5 Å². The summed E-state index contributed by atoms with van der Waals surface area (Å²) in [5, 5.41) is 17.4. The maximum atomic E-state index is 10.7.